The molecule has 0 aromatic heterocycles. The molecule has 0 radical (unpaired) electrons. The van der Waals surface area contributed by atoms with Crippen molar-refractivity contribution in [1.82, 2.24) is 5.32 Å². The Morgan fingerprint density at radius 3 is 2.46 bits per heavy atom. The summed E-state index contributed by atoms with van der Waals surface area (Å²) in [5.74, 6) is 0.161. The Morgan fingerprint density at radius 1 is 1.12 bits per heavy atom. The molecule has 1 amide bonds. The maximum atomic E-state index is 12.7. The third kappa shape index (κ3) is 4.12. The first-order chi connectivity index (χ1) is 11.7. The molecule has 2 aliphatic rings. The molecule has 3 rings (SSSR count). The van der Waals surface area contributed by atoms with E-state index in [0.717, 1.165) is 37.9 Å². The maximum absolute atomic E-state index is 12.7. The zero-order valence-corrected chi connectivity index (χ0v) is 15.1. The lowest BCUT2D eigenvalue weighted by Gasteiger charge is -2.40. The molecule has 4 heteroatoms. The van der Waals surface area contributed by atoms with Gasteiger partial charge < -0.3 is 10.1 Å². The van der Waals surface area contributed by atoms with Crippen LogP contribution in [0.25, 0.3) is 0 Å². The summed E-state index contributed by atoms with van der Waals surface area (Å²) in [7, 11) is 0. The zero-order valence-electron chi connectivity index (χ0n) is 14.4. The largest absolute Gasteiger partial charge is 0.378 e. The van der Waals surface area contributed by atoms with Gasteiger partial charge in [-0.2, -0.15) is 0 Å². The van der Waals surface area contributed by atoms with Gasteiger partial charge in [0, 0.05) is 18.2 Å². The molecule has 0 atom stereocenters. The number of nitrogens with one attached hydrogen (secondary N) is 1. The molecule has 0 saturated heterocycles. The zero-order chi connectivity index (χ0) is 16.8. The van der Waals surface area contributed by atoms with E-state index in [1.54, 1.807) is 0 Å². The van der Waals surface area contributed by atoms with E-state index in [-0.39, 0.29) is 11.3 Å². The molecule has 3 nitrogen and oxygen atoms in total. The Hall–Kier alpha value is -1.06. The van der Waals surface area contributed by atoms with Crippen molar-refractivity contribution < 1.29 is 9.53 Å². The first-order valence-electron chi connectivity index (χ1n) is 9.37. The molecule has 0 bridgehead atoms. The number of hydrogen-bond donors (Lipinski definition) is 1. The van der Waals surface area contributed by atoms with Gasteiger partial charge in [-0.3, -0.25) is 4.79 Å². The van der Waals surface area contributed by atoms with Crippen LogP contribution in [0.2, 0.25) is 5.02 Å². The van der Waals surface area contributed by atoms with Crippen LogP contribution in [0.5, 0.6) is 0 Å². The van der Waals surface area contributed by atoms with Gasteiger partial charge in [0.25, 0.3) is 0 Å². The number of ether oxygens (including phenoxy) is 1. The number of carbonyl (C=O) groups is 1. The highest BCUT2D eigenvalue weighted by molar-refractivity contribution is 6.30. The normalized spacial score (nSPS) is 20.4. The molecule has 2 saturated carbocycles. The summed E-state index contributed by atoms with van der Waals surface area (Å²) in [5.41, 5.74) is 0.753. The molecular formula is C20H28ClNO2. The van der Waals surface area contributed by atoms with Crippen LogP contribution in [-0.2, 0) is 14.9 Å². The van der Waals surface area contributed by atoms with Gasteiger partial charge in [0.15, 0.2) is 0 Å². The van der Waals surface area contributed by atoms with E-state index in [1.807, 2.05) is 24.3 Å². The minimum absolute atomic E-state index is 0.161. The van der Waals surface area contributed by atoms with E-state index in [0.29, 0.717) is 17.7 Å². The quantitative estimate of drug-likeness (QED) is 0.729. The van der Waals surface area contributed by atoms with Crippen molar-refractivity contribution >= 4 is 17.5 Å². The fraction of sp³-hybridized carbons (Fsp3) is 0.650. The van der Waals surface area contributed by atoms with E-state index in [2.05, 4.69) is 5.32 Å². The van der Waals surface area contributed by atoms with Crippen LogP contribution in [0, 0.1) is 0 Å². The second-order valence-electron chi connectivity index (χ2n) is 7.18. The van der Waals surface area contributed by atoms with Crippen LogP contribution >= 0.6 is 11.6 Å². The molecule has 0 heterocycles. The van der Waals surface area contributed by atoms with E-state index in [4.69, 9.17) is 16.3 Å². The van der Waals surface area contributed by atoms with E-state index >= 15 is 0 Å². The molecule has 24 heavy (non-hydrogen) atoms. The van der Waals surface area contributed by atoms with Crippen LogP contribution in [0.15, 0.2) is 24.3 Å². The topological polar surface area (TPSA) is 38.3 Å². The summed E-state index contributed by atoms with van der Waals surface area (Å²) in [6, 6.07) is 7.74. The predicted octanol–water partition coefficient (Wildman–Crippen LogP) is 4.62. The standard InChI is InChI=1S/C20H28ClNO2/c21-17-10-8-16(9-11-17)20(12-4-13-20)19(23)22-14-5-15-24-18-6-2-1-3-7-18/h8-11,18H,1-7,12-15H2,(H,22,23). The number of amides is 1. The van der Waals surface area contributed by atoms with Gasteiger partial charge in [-0.05, 0) is 49.8 Å². The molecular weight excluding hydrogens is 322 g/mol. The van der Waals surface area contributed by atoms with Gasteiger partial charge >= 0.3 is 0 Å². The molecule has 2 fully saturated rings. The van der Waals surface area contributed by atoms with Gasteiger partial charge in [-0.1, -0.05) is 49.4 Å². The average Bonchev–Trinajstić information content (AvgIpc) is 2.56. The van der Waals surface area contributed by atoms with Crippen molar-refractivity contribution in [3.05, 3.63) is 34.9 Å². The molecule has 0 spiro atoms. The summed E-state index contributed by atoms with van der Waals surface area (Å²) < 4.78 is 5.92. The summed E-state index contributed by atoms with van der Waals surface area (Å²) in [4.78, 5) is 12.7. The Bertz CT molecular complexity index is 533. The number of carbonyl (C=O) groups excluding carboxylic acids is 1. The fourth-order valence-corrected chi connectivity index (χ4v) is 4.00. The minimum atomic E-state index is -0.338. The van der Waals surface area contributed by atoms with Crippen LogP contribution in [0.4, 0.5) is 0 Å². The number of halogens is 1. The Balaban J connectivity index is 1.42. The van der Waals surface area contributed by atoms with E-state index in [1.165, 1.54) is 32.1 Å². The minimum Gasteiger partial charge on any atom is -0.378 e. The molecule has 1 N–H and O–H groups in total. The maximum Gasteiger partial charge on any atom is 0.230 e. The summed E-state index contributed by atoms with van der Waals surface area (Å²) in [6.45, 7) is 1.44. The summed E-state index contributed by atoms with van der Waals surface area (Å²) in [5, 5.41) is 3.84. The fourth-order valence-electron chi connectivity index (χ4n) is 3.87. The van der Waals surface area contributed by atoms with E-state index in [9.17, 15) is 4.79 Å². The lowest BCUT2D eigenvalue weighted by atomic mass is 9.64. The second-order valence-corrected chi connectivity index (χ2v) is 7.62. The van der Waals surface area contributed by atoms with Gasteiger partial charge in [-0.25, -0.2) is 0 Å². The highest BCUT2D eigenvalue weighted by atomic mass is 35.5. The predicted molar refractivity (Wildman–Crippen MR) is 97.4 cm³/mol. The number of hydrogen-bond acceptors (Lipinski definition) is 2. The van der Waals surface area contributed by atoms with Gasteiger partial charge in [0.1, 0.15) is 0 Å². The lowest BCUT2D eigenvalue weighted by molar-refractivity contribution is -0.130. The number of rotatable bonds is 7. The van der Waals surface area contributed by atoms with Crippen molar-refractivity contribution in [3.8, 4) is 0 Å². The molecule has 0 aliphatic heterocycles. The Morgan fingerprint density at radius 2 is 1.83 bits per heavy atom. The third-order valence-electron chi connectivity index (χ3n) is 5.55. The highest BCUT2D eigenvalue weighted by Gasteiger charge is 2.45. The molecule has 132 valence electrons. The van der Waals surface area contributed by atoms with Crippen molar-refractivity contribution in [2.24, 2.45) is 0 Å². The first kappa shape index (κ1) is 17.8. The third-order valence-corrected chi connectivity index (χ3v) is 5.80. The van der Waals surface area contributed by atoms with Crippen LogP contribution in [0.1, 0.15) is 63.4 Å². The van der Waals surface area contributed by atoms with Gasteiger partial charge in [0.2, 0.25) is 5.91 Å². The van der Waals surface area contributed by atoms with Crippen molar-refractivity contribution in [3.63, 3.8) is 0 Å². The summed E-state index contributed by atoms with van der Waals surface area (Å²) >= 11 is 5.97. The molecule has 1 aromatic rings. The SMILES string of the molecule is O=C(NCCCOC1CCCCC1)C1(c2ccc(Cl)cc2)CCC1. The van der Waals surface area contributed by atoms with Gasteiger partial charge in [0.05, 0.1) is 11.5 Å². The van der Waals surface area contributed by atoms with Crippen LogP contribution in [-0.4, -0.2) is 25.2 Å². The van der Waals surface area contributed by atoms with Crippen LogP contribution in [0.3, 0.4) is 0 Å². The number of benzene rings is 1. The summed E-state index contributed by atoms with van der Waals surface area (Å²) in [6.07, 6.45) is 10.6. The monoisotopic (exact) mass is 349 g/mol. The van der Waals surface area contributed by atoms with Crippen molar-refractivity contribution in [1.29, 1.82) is 0 Å². The Labute approximate surface area is 150 Å². The molecule has 0 unspecified atom stereocenters. The smallest absolute Gasteiger partial charge is 0.230 e. The van der Waals surface area contributed by atoms with Crippen molar-refractivity contribution in [2.45, 2.75) is 69.3 Å². The average molecular weight is 350 g/mol. The highest BCUT2D eigenvalue weighted by Crippen LogP contribution is 2.44. The van der Waals surface area contributed by atoms with Crippen LogP contribution < -0.4 is 5.32 Å². The van der Waals surface area contributed by atoms with E-state index < -0.39 is 0 Å². The molecule has 1 aromatic carbocycles. The van der Waals surface area contributed by atoms with Crippen molar-refractivity contribution in [2.75, 3.05) is 13.2 Å². The Kier molecular flexibility index (Phi) is 6.18. The first-order valence-corrected chi connectivity index (χ1v) is 9.74. The molecule has 2 aliphatic carbocycles. The van der Waals surface area contributed by atoms with Gasteiger partial charge in [-0.15, -0.1) is 0 Å². The lowest BCUT2D eigenvalue weighted by Crippen LogP contribution is -2.49. The second kappa shape index (κ2) is 8.35.